The zero-order valence-corrected chi connectivity index (χ0v) is 6.65. The van der Waals surface area contributed by atoms with Crippen molar-refractivity contribution in [3.8, 4) is 0 Å². The highest BCUT2D eigenvalue weighted by Crippen LogP contribution is 2.30. The lowest BCUT2D eigenvalue weighted by Gasteiger charge is -2.05. The summed E-state index contributed by atoms with van der Waals surface area (Å²) in [6, 6.07) is 0. The van der Waals surface area contributed by atoms with Crippen molar-refractivity contribution in [3.63, 3.8) is 0 Å². The van der Waals surface area contributed by atoms with Crippen LogP contribution in [0.25, 0.3) is 0 Å². The molecule has 0 fully saturated rings. The highest BCUT2D eigenvalue weighted by atomic mass is 14.2. The lowest BCUT2D eigenvalue weighted by Crippen LogP contribution is -1.96. The van der Waals surface area contributed by atoms with E-state index in [0.29, 0.717) is 0 Å². The van der Waals surface area contributed by atoms with Gasteiger partial charge in [-0.2, -0.15) is 0 Å². The molecule has 9 heavy (non-hydrogen) atoms. The Morgan fingerprint density at radius 1 is 1.56 bits per heavy atom. The molecule has 0 radical (unpaired) electrons. The summed E-state index contributed by atoms with van der Waals surface area (Å²) >= 11 is 0. The molecule has 0 amide bonds. The van der Waals surface area contributed by atoms with Crippen molar-refractivity contribution in [2.45, 2.75) is 33.6 Å². The maximum Gasteiger partial charge on any atom is -0.0230 e. The molecule has 1 aliphatic carbocycles. The second kappa shape index (κ2) is 2.55. The van der Waals surface area contributed by atoms with E-state index in [1.807, 2.05) is 0 Å². The van der Waals surface area contributed by atoms with Gasteiger partial charge in [0.15, 0.2) is 0 Å². The van der Waals surface area contributed by atoms with Gasteiger partial charge in [-0.1, -0.05) is 32.4 Å². The van der Waals surface area contributed by atoms with E-state index in [1.54, 1.807) is 5.57 Å². The Bertz CT molecular complexity index is 122. The number of hydrogen-bond donors (Lipinski definition) is 0. The Morgan fingerprint density at radius 2 is 2.22 bits per heavy atom. The lowest BCUT2D eigenvalue weighted by molar-refractivity contribution is 0.492. The van der Waals surface area contributed by atoms with Crippen molar-refractivity contribution < 1.29 is 0 Å². The van der Waals surface area contributed by atoms with Crippen LogP contribution >= 0.6 is 0 Å². The quantitative estimate of drug-likeness (QED) is 0.471. The third-order valence-corrected chi connectivity index (χ3v) is 2.43. The predicted molar refractivity (Wildman–Crippen MR) is 41.3 cm³/mol. The molecule has 0 spiro atoms. The van der Waals surface area contributed by atoms with Gasteiger partial charge in [-0.05, 0) is 24.7 Å². The van der Waals surface area contributed by atoms with Crippen LogP contribution in [0.15, 0.2) is 11.6 Å². The molecule has 0 N–H and O–H groups in total. The zero-order valence-electron chi connectivity index (χ0n) is 6.65. The van der Waals surface area contributed by atoms with E-state index < -0.39 is 0 Å². The molecule has 1 aliphatic rings. The summed E-state index contributed by atoms with van der Waals surface area (Å²) in [5, 5.41) is 0. The summed E-state index contributed by atoms with van der Waals surface area (Å²) in [6.07, 6.45) is 5.04. The summed E-state index contributed by atoms with van der Waals surface area (Å²) in [5.41, 5.74) is 1.66. The fourth-order valence-corrected chi connectivity index (χ4v) is 1.47. The molecular formula is C9H16. The van der Waals surface area contributed by atoms with E-state index in [1.165, 1.54) is 12.8 Å². The van der Waals surface area contributed by atoms with Gasteiger partial charge in [-0.15, -0.1) is 0 Å². The van der Waals surface area contributed by atoms with Crippen molar-refractivity contribution in [1.82, 2.24) is 0 Å². The Balaban J connectivity index is 2.52. The monoisotopic (exact) mass is 124 g/mol. The van der Waals surface area contributed by atoms with E-state index >= 15 is 0 Å². The first-order chi connectivity index (χ1) is 4.24. The first kappa shape index (κ1) is 6.85. The SMILES string of the molecule is CCC1=CC(C)C(C)C1. The van der Waals surface area contributed by atoms with Crippen molar-refractivity contribution in [2.75, 3.05) is 0 Å². The smallest absolute Gasteiger partial charge is 0.0230 e. The van der Waals surface area contributed by atoms with Crippen molar-refractivity contribution in [3.05, 3.63) is 11.6 Å². The van der Waals surface area contributed by atoms with Gasteiger partial charge >= 0.3 is 0 Å². The first-order valence-corrected chi connectivity index (χ1v) is 3.93. The van der Waals surface area contributed by atoms with Gasteiger partial charge in [0.05, 0.1) is 0 Å². The molecule has 0 heterocycles. The third-order valence-electron chi connectivity index (χ3n) is 2.43. The molecule has 0 aromatic carbocycles. The molecule has 0 bridgehead atoms. The minimum absolute atomic E-state index is 0.833. The van der Waals surface area contributed by atoms with Crippen LogP contribution in [0, 0.1) is 11.8 Å². The van der Waals surface area contributed by atoms with Crippen LogP contribution in [-0.4, -0.2) is 0 Å². The van der Waals surface area contributed by atoms with Gasteiger partial charge < -0.3 is 0 Å². The number of rotatable bonds is 1. The van der Waals surface area contributed by atoms with Crippen LogP contribution < -0.4 is 0 Å². The summed E-state index contributed by atoms with van der Waals surface area (Å²) in [6.45, 7) is 6.90. The van der Waals surface area contributed by atoms with Crippen molar-refractivity contribution in [1.29, 1.82) is 0 Å². The highest BCUT2D eigenvalue weighted by Gasteiger charge is 2.17. The van der Waals surface area contributed by atoms with Crippen LogP contribution in [-0.2, 0) is 0 Å². The molecule has 0 saturated carbocycles. The molecule has 0 nitrogen and oxygen atoms in total. The molecule has 2 unspecified atom stereocenters. The van der Waals surface area contributed by atoms with Crippen LogP contribution in [0.2, 0.25) is 0 Å². The minimum Gasteiger partial charge on any atom is -0.0822 e. The average molecular weight is 124 g/mol. The molecule has 0 aliphatic heterocycles. The van der Waals surface area contributed by atoms with Crippen LogP contribution in [0.1, 0.15) is 33.6 Å². The summed E-state index contributed by atoms with van der Waals surface area (Å²) in [7, 11) is 0. The van der Waals surface area contributed by atoms with Crippen molar-refractivity contribution in [2.24, 2.45) is 11.8 Å². The normalized spacial score (nSPS) is 34.8. The molecule has 0 aromatic heterocycles. The van der Waals surface area contributed by atoms with E-state index in [4.69, 9.17) is 0 Å². The predicted octanol–water partition coefficient (Wildman–Crippen LogP) is 3.00. The molecule has 0 aromatic rings. The Labute approximate surface area is 58.0 Å². The van der Waals surface area contributed by atoms with Gasteiger partial charge in [-0.25, -0.2) is 0 Å². The molecule has 52 valence electrons. The molecule has 2 atom stereocenters. The summed E-state index contributed by atoms with van der Waals surface area (Å²) < 4.78 is 0. The van der Waals surface area contributed by atoms with E-state index in [0.717, 1.165) is 11.8 Å². The van der Waals surface area contributed by atoms with Crippen LogP contribution in [0.4, 0.5) is 0 Å². The fourth-order valence-electron chi connectivity index (χ4n) is 1.47. The van der Waals surface area contributed by atoms with Gasteiger partial charge in [0.1, 0.15) is 0 Å². The maximum atomic E-state index is 2.44. The van der Waals surface area contributed by atoms with Gasteiger partial charge in [-0.3, -0.25) is 0 Å². The number of hydrogen-bond acceptors (Lipinski definition) is 0. The maximum absolute atomic E-state index is 2.44. The van der Waals surface area contributed by atoms with Gasteiger partial charge in [0.25, 0.3) is 0 Å². The van der Waals surface area contributed by atoms with E-state index in [2.05, 4.69) is 26.8 Å². The van der Waals surface area contributed by atoms with Gasteiger partial charge in [0.2, 0.25) is 0 Å². The topological polar surface area (TPSA) is 0 Å². The molecule has 0 heteroatoms. The average Bonchev–Trinajstić information content (AvgIpc) is 2.13. The first-order valence-electron chi connectivity index (χ1n) is 3.93. The molecule has 1 rings (SSSR count). The minimum atomic E-state index is 0.833. The van der Waals surface area contributed by atoms with Crippen LogP contribution in [0.3, 0.4) is 0 Å². The van der Waals surface area contributed by atoms with Crippen molar-refractivity contribution >= 4 is 0 Å². The number of allylic oxidation sites excluding steroid dienone is 2. The highest BCUT2D eigenvalue weighted by molar-refractivity contribution is 5.11. The standard InChI is InChI=1S/C9H16/c1-4-9-5-7(2)8(3)6-9/h5,7-8H,4,6H2,1-3H3. The molecule has 0 saturated heterocycles. The Morgan fingerprint density at radius 3 is 2.44 bits per heavy atom. The lowest BCUT2D eigenvalue weighted by atomic mass is 10.00. The van der Waals surface area contributed by atoms with Crippen LogP contribution in [0.5, 0.6) is 0 Å². The van der Waals surface area contributed by atoms with Gasteiger partial charge in [0, 0.05) is 0 Å². The zero-order chi connectivity index (χ0) is 6.85. The Kier molecular flexibility index (Phi) is 1.94. The summed E-state index contributed by atoms with van der Waals surface area (Å²) in [4.78, 5) is 0. The second-order valence-electron chi connectivity index (χ2n) is 3.22. The third kappa shape index (κ3) is 1.35. The van der Waals surface area contributed by atoms with E-state index in [-0.39, 0.29) is 0 Å². The Hall–Kier alpha value is -0.260. The summed E-state index contributed by atoms with van der Waals surface area (Å²) in [5.74, 6) is 1.74. The fraction of sp³-hybridized carbons (Fsp3) is 0.778. The molecular weight excluding hydrogens is 108 g/mol. The second-order valence-corrected chi connectivity index (χ2v) is 3.22. The van der Waals surface area contributed by atoms with E-state index in [9.17, 15) is 0 Å². The largest absolute Gasteiger partial charge is 0.0822 e.